The quantitative estimate of drug-likeness (QED) is 0.724. The van der Waals surface area contributed by atoms with E-state index in [9.17, 15) is 4.79 Å². The molecule has 3 rings (SSSR count). The molecule has 0 spiro atoms. The van der Waals surface area contributed by atoms with Gasteiger partial charge in [0.2, 0.25) is 5.91 Å². The highest BCUT2D eigenvalue weighted by atomic mass is 16.2. The SMILES string of the molecule is CC1CCc2ccccc2N1C(=O)C1CCC1. The van der Waals surface area contributed by atoms with Gasteiger partial charge in [-0.05, 0) is 44.2 Å². The van der Waals surface area contributed by atoms with Crippen LogP contribution in [0.2, 0.25) is 0 Å². The Hall–Kier alpha value is -1.31. The molecule has 1 saturated carbocycles. The Morgan fingerprint density at radius 1 is 1.24 bits per heavy atom. The molecular weight excluding hydrogens is 210 g/mol. The molecule has 1 heterocycles. The van der Waals surface area contributed by atoms with E-state index >= 15 is 0 Å². The molecule has 1 aliphatic heterocycles. The number of nitrogens with zero attached hydrogens (tertiary/aromatic N) is 1. The van der Waals surface area contributed by atoms with Crippen LogP contribution in [0.3, 0.4) is 0 Å². The Bertz CT molecular complexity index is 436. The molecule has 1 aromatic rings. The number of carbonyl (C=O) groups is 1. The van der Waals surface area contributed by atoms with Crippen molar-refractivity contribution in [1.82, 2.24) is 0 Å². The molecule has 1 aliphatic carbocycles. The van der Waals surface area contributed by atoms with Crippen molar-refractivity contribution in [3.8, 4) is 0 Å². The number of aryl methyl sites for hydroxylation is 1. The molecule has 2 nitrogen and oxygen atoms in total. The average molecular weight is 229 g/mol. The first kappa shape index (κ1) is 10.8. The van der Waals surface area contributed by atoms with Gasteiger partial charge in [-0.15, -0.1) is 0 Å². The summed E-state index contributed by atoms with van der Waals surface area (Å²) in [4.78, 5) is 14.5. The smallest absolute Gasteiger partial charge is 0.230 e. The molecule has 1 unspecified atom stereocenters. The molecule has 1 aromatic carbocycles. The van der Waals surface area contributed by atoms with E-state index in [-0.39, 0.29) is 0 Å². The molecule has 1 fully saturated rings. The lowest BCUT2D eigenvalue weighted by Gasteiger charge is -2.39. The van der Waals surface area contributed by atoms with E-state index in [2.05, 4.69) is 30.0 Å². The predicted octanol–water partition coefficient (Wildman–Crippen LogP) is 3.15. The number of fused-ring (bicyclic) bond motifs is 1. The topological polar surface area (TPSA) is 20.3 Å². The van der Waals surface area contributed by atoms with Gasteiger partial charge in [-0.1, -0.05) is 24.6 Å². The lowest BCUT2D eigenvalue weighted by molar-refractivity contribution is -0.125. The van der Waals surface area contributed by atoms with Gasteiger partial charge in [-0.25, -0.2) is 0 Å². The minimum atomic E-state index is 0.295. The summed E-state index contributed by atoms with van der Waals surface area (Å²) in [7, 11) is 0. The van der Waals surface area contributed by atoms with Crippen LogP contribution in [0.4, 0.5) is 5.69 Å². The van der Waals surface area contributed by atoms with E-state index in [4.69, 9.17) is 0 Å². The van der Waals surface area contributed by atoms with Gasteiger partial charge in [0.1, 0.15) is 0 Å². The third-order valence-corrected chi connectivity index (χ3v) is 4.22. The maximum atomic E-state index is 12.5. The standard InChI is InChI=1S/C15H19NO/c1-11-9-10-12-5-2-3-8-14(12)16(11)15(17)13-6-4-7-13/h2-3,5,8,11,13H,4,6-7,9-10H2,1H3. The molecule has 0 N–H and O–H groups in total. The highest BCUT2D eigenvalue weighted by Crippen LogP contribution is 2.35. The fraction of sp³-hybridized carbons (Fsp3) is 0.533. The largest absolute Gasteiger partial charge is 0.309 e. The van der Waals surface area contributed by atoms with Crippen LogP contribution >= 0.6 is 0 Å². The van der Waals surface area contributed by atoms with Crippen molar-refractivity contribution < 1.29 is 4.79 Å². The van der Waals surface area contributed by atoms with Crippen LogP contribution in [0, 0.1) is 5.92 Å². The lowest BCUT2D eigenvalue weighted by atomic mass is 9.83. The number of rotatable bonds is 1. The van der Waals surface area contributed by atoms with Crippen molar-refractivity contribution in [1.29, 1.82) is 0 Å². The van der Waals surface area contributed by atoms with Gasteiger partial charge in [-0.2, -0.15) is 0 Å². The Labute approximate surface area is 103 Å². The highest BCUT2D eigenvalue weighted by molar-refractivity contribution is 5.97. The zero-order chi connectivity index (χ0) is 11.8. The first-order valence-electron chi connectivity index (χ1n) is 6.68. The maximum Gasteiger partial charge on any atom is 0.230 e. The molecule has 2 heteroatoms. The number of amides is 1. The molecular formula is C15H19NO. The zero-order valence-corrected chi connectivity index (χ0v) is 10.4. The van der Waals surface area contributed by atoms with Gasteiger partial charge in [0.05, 0.1) is 0 Å². The number of benzene rings is 1. The van der Waals surface area contributed by atoms with E-state index < -0.39 is 0 Å². The predicted molar refractivity (Wildman–Crippen MR) is 69.1 cm³/mol. The Kier molecular flexibility index (Phi) is 2.65. The summed E-state index contributed by atoms with van der Waals surface area (Å²) in [5, 5.41) is 0. The second-order valence-electron chi connectivity index (χ2n) is 5.35. The van der Waals surface area contributed by atoms with Crippen LogP contribution in [0.5, 0.6) is 0 Å². The van der Waals surface area contributed by atoms with Crippen molar-refractivity contribution in [2.45, 2.75) is 45.1 Å². The van der Waals surface area contributed by atoms with Crippen molar-refractivity contribution in [3.05, 3.63) is 29.8 Å². The summed E-state index contributed by atoms with van der Waals surface area (Å²) in [6.45, 7) is 2.17. The van der Waals surface area contributed by atoms with Gasteiger partial charge < -0.3 is 4.90 Å². The monoisotopic (exact) mass is 229 g/mol. The van der Waals surface area contributed by atoms with Crippen LogP contribution in [0.25, 0.3) is 0 Å². The fourth-order valence-corrected chi connectivity index (χ4v) is 2.88. The normalized spacial score (nSPS) is 24.1. The number of hydrogen-bond acceptors (Lipinski definition) is 1. The second-order valence-corrected chi connectivity index (χ2v) is 5.35. The highest BCUT2D eigenvalue weighted by Gasteiger charge is 2.34. The summed E-state index contributed by atoms with van der Waals surface area (Å²) in [5.74, 6) is 0.652. The Morgan fingerprint density at radius 2 is 2.00 bits per heavy atom. The van der Waals surface area contributed by atoms with Crippen LogP contribution in [0.15, 0.2) is 24.3 Å². The third-order valence-electron chi connectivity index (χ3n) is 4.22. The van der Waals surface area contributed by atoms with E-state index in [1.54, 1.807) is 0 Å². The Morgan fingerprint density at radius 3 is 2.71 bits per heavy atom. The number of hydrogen-bond donors (Lipinski definition) is 0. The average Bonchev–Trinajstić information content (AvgIpc) is 2.26. The molecule has 1 atom stereocenters. The summed E-state index contributed by atoms with van der Waals surface area (Å²) < 4.78 is 0. The molecule has 90 valence electrons. The molecule has 1 amide bonds. The van der Waals surface area contributed by atoms with E-state index in [0.29, 0.717) is 17.9 Å². The van der Waals surface area contributed by atoms with Gasteiger partial charge in [0, 0.05) is 17.6 Å². The molecule has 17 heavy (non-hydrogen) atoms. The number of carbonyl (C=O) groups excluding carboxylic acids is 1. The minimum Gasteiger partial charge on any atom is -0.309 e. The summed E-state index contributed by atoms with van der Waals surface area (Å²) >= 11 is 0. The van der Waals surface area contributed by atoms with Crippen molar-refractivity contribution in [3.63, 3.8) is 0 Å². The first-order chi connectivity index (χ1) is 8.27. The van der Waals surface area contributed by atoms with Gasteiger partial charge in [0.25, 0.3) is 0 Å². The van der Waals surface area contributed by atoms with Gasteiger partial charge in [-0.3, -0.25) is 4.79 Å². The Balaban J connectivity index is 1.94. The van der Waals surface area contributed by atoms with E-state index in [0.717, 1.165) is 31.4 Å². The van der Waals surface area contributed by atoms with Crippen LogP contribution in [-0.4, -0.2) is 11.9 Å². The van der Waals surface area contributed by atoms with E-state index in [1.165, 1.54) is 12.0 Å². The van der Waals surface area contributed by atoms with E-state index in [1.807, 2.05) is 6.07 Å². The summed E-state index contributed by atoms with van der Waals surface area (Å²) in [5.41, 5.74) is 2.49. The minimum absolute atomic E-state index is 0.295. The molecule has 0 bridgehead atoms. The fourth-order valence-electron chi connectivity index (χ4n) is 2.88. The molecule has 0 aromatic heterocycles. The van der Waals surface area contributed by atoms with Crippen LogP contribution in [0.1, 0.15) is 38.2 Å². The van der Waals surface area contributed by atoms with Crippen molar-refractivity contribution in [2.75, 3.05) is 4.90 Å². The number of anilines is 1. The second kappa shape index (κ2) is 4.17. The number of para-hydroxylation sites is 1. The molecule has 0 radical (unpaired) electrons. The van der Waals surface area contributed by atoms with Crippen LogP contribution in [-0.2, 0) is 11.2 Å². The maximum absolute atomic E-state index is 12.5. The van der Waals surface area contributed by atoms with Crippen molar-refractivity contribution >= 4 is 11.6 Å². The van der Waals surface area contributed by atoms with Gasteiger partial charge >= 0.3 is 0 Å². The van der Waals surface area contributed by atoms with Crippen LogP contribution < -0.4 is 4.90 Å². The molecule has 2 aliphatic rings. The zero-order valence-electron chi connectivity index (χ0n) is 10.4. The summed E-state index contributed by atoms with van der Waals surface area (Å²) in [6, 6.07) is 8.72. The third kappa shape index (κ3) is 1.76. The van der Waals surface area contributed by atoms with Gasteiger partial charge in [0.15, 0.2) is 0 Å². The first-order valence-corrected chi connectivity index (χ1v) is 6.68. The molecule has 0 saturated heterocycles. The van der Waals surface area contributed by atoms with Crippen molar-refractivity contribution in [2.24, 2.45) is 5.92 Å². The lowest BCUT2D eigenvalue weighted by Crippen LogP contribution is -2.46. The summed E-state index contributed by atoms with van der Waals surface area (Å²) in [6.07, 6.45) is 5.59.